The van der Waals surface area contributed by atoms with E-state index in [0.29, 0.717) is 57.9 Å². The molecule has 0 fully saturated rings. The van der Waals surface area contributed by atoms with E-state index in [2.05, 4.69) is 20.9 Å². The first-order chi connectivity index (χ1) is 22.0. The Morgan fingerprint density at radius 3 is 2.50 bits per heavy atom. The molecule has 0 spiro atoms. The summed E-state index contributed by atoms with van der Waals surface area (Å²) in [5, 5.41) is 1.04. The molecular weight excluding hydrogens is 715 g/mol. The van der Waals surface area contributed by atoms with Crippen LogP contribution in [0.2, 0.25) is 10.0 Å². The summed E-state index contributed by atoms with van der Waals surface area (Å²) in [5.41, 5.74) is 2.68. The van der Waals surface area contributed by atoms with Crippen molar-refractivity contribution in [3.8, 4) is 17.2 Å². The third kappa shape index (κ3) is 7.20. The van der Waals surface area contributed by atoms with E-state index in [4.69, 9.17) is 42.1 Å². The number of nitrogens with zero attached hydrogens (tertiary/aromatic N) is 2. The zero-order valence-electron chi connectivity index (χ0n) is 25.7. The van der Waals surface area contributed by atoms with Gasteiger partial charge in [0.15, 0.2) is 16.3 Å². The average Bonchev–Trinajstić information content (AvgIpc) is 3.31. The number of hydrogen-bond donors (Lipinski definition) is 0. The third-order valence-electron chi connectivity index (χ3n) is 7.05. The molecule has 8 nitrogen and oxygen atoms in total. The van der Waals surface area contributed by atoms with Crippen LogP contribution >= 0.6 is 50.5 Å². The van der Waals surface area contributed by atoms with E-state index >= 15 is 0 Å². The average molecular weight is 747 g/mol. The Hall–Kier alpha value is -3.57. The third-order valence-corrected chi connectivity index (χ3v) is 9.31. The quantitative estimate of drug-likeness (QED) is 0.159. The zero-order chi connectivity index (χ0) is 33.1. The molecule has 0 bridgehead atoms. The smallest absolute Gasteiger partial charge is 0.338 e. The summed E-state index contributed by atoms with van der Waals surface area (Å²) in [6.07, 6.45) is 1.76. The number of methoxy groups -OCH3 is 1. The molecule has 2 heterocycles. The zero-order valence-corrected chi connectivity index (χ0v) is 29.6. The van der Waals surface area contributed by atoms with Crippen LogP contribution in [0.4, 0.5) is 0 Å². The van der Waals surface area contributed by atoms with E-state index in [-0.39, 0.29) is 24.9 Å². The number of halogens is 3. The van der Waals surface area contributed by atoms with Crippen LogP contribution in [-0.4, -0.2) is 30.4 Å². The molecule has 0 radical (unpaired) electrons. The maximum Gasteiger partial charge on any atom is 0.338 e. The minimum atomic E-state index is -0.737. The van der Waals surface area contributed by atoms with E-state index in [1.165, 1.54) is 11.3 Å². The van der Waals surface area contributed by atoms with Gasteiger partial charge in [-0.15, -0.1) is 0 Å². The molecule has 12 heteroatoms. The summed E-state index contributed by atoms with van der Waals surface area (Å²) in [5.74, 6) is 1.12. The van der Waals surface area contributed by atoms with Crippen molar-refractivity contribution in [2.75, 3.05) is 13.7 Å². The van der Waals surface area contributed by atoms with Gasteiger partial charge in [0, 0.05) is 20.1 Å². The molecule has 5 rings (SSSR count). The lowest BCUT2D eigenvalue weighted by Crippen LogP contribution is -2.39. The van der Waals surface area contributed by atoms with E-state index < -0.39 is 12.0 Å². The van der Waals surface area contributed by atoms with Crippen LogP contribution in [0, 0.1) is 0 Å². The number of thiazole rings is 1. The molecule has 0 saturated heterocycles. The van der Waals surface area contributed by atoms with E-state index in [1.807, 2.05) is 38.1 Å². The van der Waals surface area contributed by atoms with Gasteiger partial charge in [-0.1, -0.05) is 68.7 Å². The van der Waals surface area contributed by atoms with E-state index in [0.717, 1.165) is 11.1 Å². The molecule has 3 aromatic carbocycles. The first-order valence-corrected chi connectivity index (χ1v) is 16.8. The van der Waals surface area contributed by atoms with Crippen molar-refractivity contribution in [2.24, 2.45) is 4.99 Å². The fourth-order valence-corrected chi connectivity index (χ4v) is 6.91. The lowest BCUT2D eigenvalue weighted by Gasteiger charge is -2.25. The summed E-state index contributed by atoms with van der Waals surface area (Å²) >= 11 is 17.2. The van der Waals surface area contributed by atoms with Gasteiger partial charge < -0.3 is 18.9 Å². The highest BCUT2D eigenvalue weighted by Gasteiger charge is 2.33. The lowest BCUT2D eigenvalue weighted by molar-refractivity contribution is -0.139. The molecule has 1 aliphatic rings. The van der Waals surface area contributed by atoms with Crippen molar-refractivity contribution in [1.29, 1.82) is 0 Å². The van der Waals surface area contributed by atoms with Crippen LogP contribution in [-0.2, 0) is 16.1 Å². The molecule has 0 N–H and O–H groups in total. The maximum atomic E-state index is 14.1. The number of benzene rings is 3. The van der Waals surface area contributed by atoms with Crippen molar-refractivity contribution in [1.82, 2.24) is 4.57 Å². The van der Waals surface area contributed by atoms with Gasteiger partial charge in [0.1, 0.15) is 12.4 Å². The second-order valence-corrected chi connectivity index (χ2v) is 13.3. The van der Waals surface area contributed by atoms with Crippen LogP contribution in [0.25, 0.3) is 6.08 Å². The summed E-state index contributed by atoms with van der Waals surface area (Å²) in [4.78, 5) is 32.4. The number of rotatable bonds is 10. The minimum Gasteiger partial charge on any atom is -0.493 e. The number of carbonyl (C=O) groups excluding carboxylic acids is 1. The topological polar surface area (TPSA) is 88.4 Å². The van der Waals surface area contributed by atoms with Gasteiger partial charge in [0.05, 0.1) is 41.7 Å². The Morgan fingerprint density at radius 1 is 1.11 bits per heavy atom. The van der Waals surface area contributed by atoms with Crippen molar-refractivity contribution in [3.05, 3.63) is 117 Å². The molecule has 0 aliphatic carbocycles. The van der Waals surface area contributed by atoms with Crippen molar-refractivity contribution in [2.45, 2.75) is 46.4 Å². The van der Waals surface area contributed by atoms with Gasteiger partial charge in [-0.2, -0.15) is 0 Å². The second kappa shape index (κ2) is 14.5. The summed E-state index contributed by atoms with van der Waals surface area (Å²) in [7, 11) is 1.54. The standard InChI is InChI=1S/C34H31BrCl2N2O6S/c1-6-43-33(41)30-19(4)38-34-39(31(30)20-8-11-24(12-9-20)45-18(2)3)32(40)29(46-34)14-22-13-27(42-5)28(16-25(22)35)44-17-21-7-10-23(36)15-26(21)37/h7-16,18,31H,6,17H2,1-5H3/b29-14-/t31-/m0/s1. The highest BCUT2D eigenvalue weighted by molar-refractivity contribution is 9.10. The summed E-state index contributed by atoms with van der Waals surface area (Å²) < 4.78 is 25.5. The van der Waals surface area contributed by atoms with Crippen LogP contribution in [0.3, 0.4) is 0 Å². The molecule has 0 saturated carbocycles. The number of ether oxygens (including phenoxy) is 4. The Labute approximate surface area is 288 Å². The predicted molar refractivity (Wildman–Crippen MR) is 184 cm³/mol. The van der Waals surface area contributed by atoms with Crippen molar-refractivity contribution >= 4 is 62.5 Å². The Bertz CT molecular complexity index is 2000. The second-order valence-electron chi connectivity index (χ2n) is 10.6. The molecule has 1 atom stereocenters. The molecule has 46 heavy (non-hydrogen) atoms. The monoisotopic (exact) mass is 744 g/mol. The lowest BCUT2D eigenvalue weighted by atomic mass is 9.96. The number of aromatic nitrogens is 1. The Kier molecular flexibility index (Phi) is 10.6. The maximum absolute atomic E-state index is 14.1. The normalized spacial score (nSPS) is 14.6. The SMILES string of the molecule is CCOC(=O)C1=C(C)N=c2s/c(=C\c3cc(OC)c(OCc4ccc(Cl)cc4Cl)cc3Br)c(=O)n2[C@H]1c1ccc(OC(C)C)cc1. The van der Waals surface area contributed by atoms with E-state index in [9.17, 15) is 9.59 Å². The van der Waals surface area contributed by atoms with Crippen LogP contribution < -0.4 is 29.1 Å². The van der Waals surface area contributed by atoms with Gasteiger partial charge in [0.25, 0.3) is 5.56 Å². The molecule has 1 aromatic heterocycles. The van der Waals surface area contributed by atoms with Crippen LogP contribution in [0.15, 0.2) is 80.1 Å². The van der Waals surface area contributed by atoms with E-state index in [1.54, 1.807) is 61.9 Å². The molecule has 0 unspecified atom stereocenters. The highest BCUT2D eigenvalue weighted by atomic mass is 79.9. The van der Waals surface area contributed by atoms with Crippen molar-refractivity contribution in [3.63, 3.8) is 0 Å². The number of hydrogen-bond acceptors (Lipinski definition) is 8. The predicted octanol–water partition coefficient (Wildman–Crippen LogP) is 7.24. The molecule has 0 amide bonds. The summed E-state index contributed by atoms with van der Waals surface area (Å²) in [6.45, 7) is 7.78. The minimum absolute atomic E-state index is 0.00121. The first kappa shape index (κ1) is 33.8. The number of carbonyl (C=O) groups is 1. The van der Waals surface area contributed by atoms with Crippen LogP contribution in [0.5, 0.6) is 17.2 Å². The Balaban J connectivity index is 1.56. The summed E-state index contributed by atoms with van der Waals surface area (Å²) in [6, 6.07) is 15.4. The number of allylic oxidation sites excluding steroid dienone is 1. The molecule has 1 aliphatic heterocycles. The first-order valence-electron chi connectivity index (χ1n) is 14.4. The van der Waals surface area contributed by atoms with Gasteiger partial charge in [-0.25, -0.2) is 9.79 Å². The molecule has 4 aromatic rings. The van der Waals surface area contributed by atoms with Gasteiger partial charge in [0.2, 0.25) is 0 Å². The fraction of sp³-hybridized carbons (Fsp3) is 0.265. The molecule has 240 valence electrons. The van der Waals surface area contributed by atoms with Gasteiger partial charge in [-0.05, 0) is 81.3 Å². The Morgan fingerprint density at radius 2 is 1.85 bits per heavy atom. The molecular formula is C34H31BrCl2N2O6S. The largest absolute Gasteiger partial charge is 0.493 e. The van der Waals surface area contributed by atoms with Gasteiger partial charge in [-0.3, -0.25) is 9.36 Å². The van der Waals surface area contributed by atoms with Crippen molar-refractivity contribution < 1.29 is 23.7 Å². The number of fused-ring (bicyclic) bond motifs is 1. The van der Waals surface area contributed by atoms with Crippen LogP contribution in [0.1, 0.15) is 50.4 Å². The fourth-order valence-electron chi connectivity index (χ4n) is 4.98. The number of esters is 1. The van der Waals surface area contributed by atoms with Gasteiger partial charge >= 0.3 is 5.97 Å². The highest BCUT2D eigenvalue weighted by Crippen LogP contribution is 2.36.